The van der Waals surface area contributed by atoms with Gasteiger partial charge in [0.2, 0.25) is 0 Å². The molecule has 5 atom stereocenters. The van der Waals surface area contributed by atoms with Gasteiger partial charge in [-0.3, -0.25) is 4.90 Å². The van der Waals surface area contributed by atoms with Crippen molar-refractivity contribution in [1.29, 1.82) is 0 Å². The summed E-state index contributed by atoms with van der Waals surface area (Å²) >= 11 is 4.67. The number of hydrogen-bond acceptors (Lipinski definition) is 3. The zero-order chi connectivity index (χ0) is 16.4. The van der Waals surface area contributed by atoms with Crippen LogP contribution >= 0.6 is 12.6 Å². The molecule has 0 spiro atoms. The fraction of sp³-hybridized carbons (Fsp3) is 0.600. The minimum absolute atomic E-state index is 0.377. The van der Waals surface area contributed by atoms with Crippen molar-refractivity contribution in [3.05, 3.63) is 29.5 Å². The smallest absolute Gasteiger partial charge is 0.116 e. The summed E-state index contributed by atoms with van der Waals surface area (Å²) in [5.41, 5.74) is 4.25. The molecule has 3 nitrogen and oxygen atoms in total. The molecule has 4 heteroatoms. The van der Waals surface area contributed by atoms with Crippen LogP contribution in [0.25, 0.3) is 10.9 Å². The maximum absolute atomic E-state index is 10.0. The van der Waals surface area contributed by atoms with Gasteiger partial charge in [-0.05, 0) is 54.9 Å². The van der Waals surface area contributed by atoms with Gasteiger partial charge in [0.25, 0.3) is 0 Å². The van der Waals surface area contributed by atoms with Gasteiger partial charge >= 0.3 is 0 Å². The number of piperidine rings is 2. The molecule has 128 valence electrons. The highest BCUT2D eigenvalue weighted by Crippen LogP contribution is 2.52. The summed E-state index contributed by atoms with van der Waals surface area (Å²) in [6.07, 6.45) is 5.16. The van der Waals surface area contributed by atoms with Crippen LogP contribution < -0.4 is 0 Å². The van der Waals surface area contributed by atoms with Crippen LogP contribution in [0.3, 0.4) is 0 Å². The molecule has 4 bridgehead atoms. The van der Waals surface area contributed by atoms with Crippen molar-refractivity contribution in [1.82, 2.24) is 9.47 Å². The number of benzene rings is 1. The fourth-order valence-corrected chi connectivity index (χ4v) is 6.40. The predicted octanol–water partition coefficient (Wildman–Crippen LogP) is 3.99. The maximum Gasteiger partial charge on any atom is 0.116 e. The van der Waals surface area contributed by atoms with E-state index in [-0.39, 0.29) is 0 Å². The number of phenols is 1. The first-order chi connectivity index (χ1) is 11.7. The molecule has 24 heavy (non-hydrogen) atoms. The van der Waals surface area contributed by atoms with Crippen molar-refractivity contribution < 1.29 is 5.11 Å². The molecule has 1 saturated carbocycles. The Hall–Kier alpha value is -1.13. The van der Waals surface area contributed by atoms with E-state index in [1.807, 2.05) is 12.1 Å². The predicted molar refractivity (Wildman–Crippen MR) is 101 cm³/mol. The molecule has 1 N–H and O–H groups in total. The molecule has 1 aromatic heterocycles. The van der Waals surface area contributed by atoms with E-state index in [0.29, 0.717) is 17.7 Å². The summed E-state index contributed by atoms with van der Waals surface area (Å²) in [6.45, 7) is 4.83. The second-order valence-corrected chi connectivity index (χ2v) is 8.27. The minimum Gasteiger partial charge on any atom is -0.508 e. The number of thiol groups is 1. The number of phenolic OH excluding ortho intramolecular Hbond substituents is 1. The van der Waals surface area contributed by atoms with Gasteiger partial charge in [0, 0.05) is 41.6 Å². The first kappa shape index (κ1) is 15.2. The van der Waals surface area contributed by atoms with Crippen LogP contribution in [0.15, 0.2) is 18.2 Å². The average Bonchev–Trinajstić information content (AvgIpc) is 2.85. The van der Waals surface area contributed by atoms with E-state index < -0.39 is 0 Å². The van der Waals surface area contributed by atoms with Gasteiger partial charge in [-0.25, -0.2) is 0 Å². The van der Waals surface area contributed by atoms with Crippen LogP contribution in [-0.4, -0.2) is 33.7 Å². The monoisotopic (exact) mass is 342 g/mol. The maximum atomic E-state index is 10.0. The van der Waals surface area contributed by atoms with Crippen LogP contribution in [0.2, 0.25) is 0 Å². The quantitative estimate of drug-likeness (QED) is 0.808. The largest absolute Gasteiger partial charge is 0.508 e. The van der Waals surface area contributed by atoms with Crippen LogP contribution in [0, 0.1) is 11.8 Å². The summed E-state index contributed by atoms with van der Waals surface area (Å²) in [7, 11) is 0. The summed E-state index contributed by atoms with van der Waals surface area (Å²) in [4.78, 5) is 2.79. The number of rotatable bonds is 2. The third kappa shape index (κ3) is 1.96. The number of hydrogen-bond donors (Lipinski definition) is 2. The molecule has 3 fully saturated rings. The van der Waals surface area contributed by atoms with Crippen molar-refractivity contribution in [3.63, 3.8) is 0 Å². The van der Waals surface area contributed by atoms with Gasteiger partial charge in [0.1, 0.15) is 5.75 Å². The van der Waals surface area contributed by atoms with Crippen molar-refractivity contribution in [2.45, 2.75) is 50.4 Å². The zero-order valence-corrected chi connectivity index (χ0v) is 15.2. The molecular formula is C20H26N2OS. The number of nitrogens with zero attached hydrogens (tertiary/aromatic N) is 2. The Balaban J connectivity index is 1.75. The molecule has 0 radical (unpaired) electrons. The lowest BCUT2D eigenvalue weighted by Gasteiger charge is -2.53. The van der Waals surface area contributed by atoms with Gasteiger partial charge in [-0.15, -0.1) is 0 Å². The molecule has 4 aliphatic rings. The van der Waals surface area contributed by atoms with E-state index in [9.17, 15) is 5.11 Å². The molecule has 2 saturated heterocycles. The highest BCUT2D eigenvalue weighted by atomic mass is 32.1. The van der Waals surface area contributed by atoms with Gasteiger partial charge < -0.3 is 9.67 Å². The third-order valence-corrected chi connectivity index (χ3v) is 7.18. The lowest BCUT2D eigenvalue weighted by atomic mass is 9.65. The Morgan fingerprint density at radius 3 is 2.96 bits per heavy atom. The lowest BCUT2D eigenvalue weighted by molar-refractivity contribution is -0.0140. The SMILES string of the molecule is CC[C@H]1C[C@H]2C[C@H]3c4c(c5cc(O)ccc5n4CS)CCN(C2)C13. The fourth-order valence-electron chi connectivity index (χ4n) is 6.09. The highest BCUT2D eigenvalue weighted by molar-refractivity contribution is 7.79. The molecule has 0 amide bonds. The number of fused-ring (bicyclic) bond motifs is 4. The average molecular weight is 343 g/mol. The molecule has 3 aliphatic heterocycles. The second-order valence-electron chi connectivity index (χ2n) is 7.98. The molecule has 2 unspecified atom stereocenters. The van der Waals surface area contributed by atoms with E-state index in [2.05, 4.69) is 35.1 Å². The van der Waals surface area contributed by atoms with Crippen LogP contribution in [0.1, 0.15) is 43.4 Å². The molecule has 2 aromatic rings. The van der Waals surface area contributed by atoms with Crippen molar-refractivity contribution >= 4 is 23.5 Å². The van der Waals surface area contributed by atoms with Crippen molar-refractivity contribution in [2.75, 3.05) is 13.1 Å². The standard InChI is InChI=1S/C20H26N2OS/c1-2-13-7-12-8-17-19(13)21(10-12)6-5-15-16-9-14(23)3-4-18(16)22(11-24)20(15)17/h3-4,9,12-13,17,19,23-24H,2,5-8,10-11H2,1H3/t12-,13-,17+,19?/m0/s1. The van der Waals surface area contributed by atoms with Gasteiger partial charge in [-0.1, -0.05) is 13.3 Å². The van der Waals surface area contributed by atoms with Crippen LogP contribution in [0.5, 0.6) is 5.75 Å². The minimum atomic E-state index is 0.377. The molecule has 4 heterocycles. The normalized spacial score (nSPS) is 34.3. The first-order valence-corrected chi connectivity index (χ1v) is 10.0. The first-order valence-electron chi connectivity index (χ1n) is 9.40. The Morgan fingerprint density at radius 2 is 2.17 bits per heavy atom. The van der Waals surface area contributed by atoms with E-state index in [1.54, 1.807) is 0 Å². The van der Waals surface area contributed by atoms with Crippen LogP contribution in [0.4, 0.5) is 0 Å². The summed E-state index contributed by atoms with van der Waals surface area (Å²) in [6, 6.07) is 6.56. The number of aromatic nitrogens is 1. The van der Waals surface area contributed by atoms with Gasteiger partial charge in [0.15, 0.2) is 0 Å². The van der Waals surface area contributed by atoms with E-state index in [0.717, 1.165) is 24.1 Å². The third-order valence-electron chi connectivity index (χ3n) is 6.90. The van der Waals surface area contributed by atoms with Crippen molar-refractivity contribution in [2.24, 2.45) is 11.8 Å². The Morgan fingerprint density at radius 1 is 1.29 bits per heavy atom. The Bertz CT molecular complexity index is 799. The van der Waals surface area contributed by atoms with Crippen LogP contribution in [-0.2, 0) is 12.3 Å². The molecular weight excluding hydrogens is 316 g/mol. The summed E-state index contributed by atoms with van der Waals surface area (Å²) in [5, 5.41) is 11.3. The Labute approximate surface area is 149 Å². The van der Waals surface area contributed by atoms with E-state index in [4.69, 9.17) is 0 Å². The van der Waals surface area contributed by atoms with Gasteiger partial charge in [0.05, 0.1) is 5.88 Å². The second kappa shape index (κ2) is 5.43. The van der Waals surface area contributed by atoms with Crippen molar-refractivity contribution in [3.8, 4) is 5.75 Å². The molecule has 1 aromatic carbocycles. The van der Waals surface area contributed by atoms with E-state index >= 15 is 0 Å². The Kier molecular flexibility index (Phi) is 3.43. The van der Waals surface area contributed by atoms with Gasteiger partial charge in [-0.2, -0.15) is 12.6 Å². The number of aromatic hydroxyl groups is 1. The highest BCUT2D eigenvalue weighted by Gasteiger charge is 2.49. The summed E-state index contributed by atoms with van der Waals surface area (Å²) in [5.74, 6) is 3.44. The molecule has 1 aliphatic carbocycles. The molecule has 6 rings (SSSR count). The zero-order valence-electron chi connectivity index (χ0n) is 14.3. The lowest BCUT2D eigenvalue weighted by Crippen LogP contribution is -2.56. The van der Waals surface area contributed by atoms with E-state index in [1.165, 1.54) is 54.5 Å². The summed E-state index contributed by atoms with van der Waals surface area (Å²) < 4.78 is 2.43. The topological polar surface area (TPSA) is 28.4 Å².